The molecule has 3 atom stereocenters. The van der Waals surface area contributed by atoms with Gasteiger partial charge in [-0.3, -0.25) is 4.79 Å². The Balaban J connectivity index is 2.37. The van der Waals surface area contributed by atoms with Crippen LogP contribution in [-0.2, 0) is 9.53 Å². The van der Waals surface area contributed by atoms with E-state index in [2.05, 4.69) is 12.2 Å². The predicted molar refractivity (Wildman–Crippen MR) is 68.7 cm³/mol. The van der Waals surface area contributed by atoms with Crippen molar-refractivity contribution in [3.8, 4) is 0 Å². The first-order valence-electron chi connectivity index (χ1n) is 6.57. The van der Waals surface area contributed by atoms with E-state index < -0.39 is 6.10 Å². The first-order chi connectivity index (χ1) is 7.84. The molecule has 1 fully saturated rings. The van der Waals surface area contributed by atoms with Crippen molar-refractivity contribution < 1.29 is 9.53 Å². The van der Waals surface area contributed by atoms with Crippen molar-refractivity contribution >= 4 is 5.91 Å². The second kappa shape index (κ2) is 5.83. The first kappa shape index (κ1) is 14.5. The molecule has 1 amide bonds. The Morgan fingerprint density at radius 3 is 2.65 bits per heavy atom. The van der Waals surface area contributed by atoms with Crippen LogP contribution in [0.4, 0.5) is 0 Å². The van der Waals surface area contributed by atoms with Gasteiger partial charge in [0.05, 0.1) is 6.10 Å². The molecule has 0 spiro atoms. The molecule has 3 unspecified atom stereocenters. The third-order valence-electron chi connectivity index (χ3n) is 3.54. The van der Waals surface area contributed by atoms with E-state index in [1.165, 1.54) is 0 Å². The molecule has 0 aliphatic heterocycles. The molecule has 0 bridgehead atoms. The lowest BCUT2D eigenvalue weighted by molar-refractivity contribution is -0.136. The molecule has 100 valence electrons. The molecule has 4 nitrogen and oxygen atoms in total. The van der Waals surface area contributed by atoms with Gasteiger partial charge in [0.15, 0.2) is 0 Å². The Morgan fingerprint density at radius 1 is 1.53 bits per heavy atom. The lowest BCUT2D eigenvalue weighted by Gasteiger charge is -2.27. The summed E-state index contributed by atoms with van der Waals surface area (Å²) in [5, 5.41) is 3.00. The summed E-state index contributed by atoms with van der Waals surface area (Å²) in [6, 6.07) is 0.238. The van der Waals surface area contributed by atoms with E-state index in [0.717, 1.165) is 25.7 Å². The minimum atomic E-state index is -0.392. The monoisotopic (exact) mass is 242 g/mol. The molecule has 1 saturated carbocycles. The maximum absolute atomic E-state index is 11.9. The molecular formula is C13H26N2O2. The molecule has 1 aliphatic rings. The molecule has 17 heavy (non-hydrogen) atoms. The first-order valence-corrected chi connectivity index (χ1v) is 6.57. The Hall–Kier alpha value is -0.610. The van der Waals surface area contributed by atoms with E-state index in [9.17, 15) is 4.79 Å². The third kappa shape index (κ3) is 4.64. The summed E-state index contributed by atoms with van der Waals surface area (Å²) in [5.41, 5.74) is 5.65. The fourth-order valence-electron chi connectivity index (χ4n) is 1.97. The van der Waals surface area contributed by atoms with Gasteiger partial charge >= 0.3 is 0 Å². The Bertz CT molecular complexity index is 266. The van der Waals surface area contributed by atoms with Crippen LogP contribution in [0.1, 0.15) is 53.4 Å². The molecule has 0 heterocycles. The highest BCUT2D eigenvalue weighted by molar-refractivity contribution is 5.81. The topological polar surface area (TPSA) is 64.3 Å². The summed E-state index contributed by atoms with van der Waals surface area (Å²) < 4.78 is 5.74. The number of hydrogen-bond acceptors (Lipinski definition) is 3. The highest BCUT2D eigenvalue weighted by Crippen LogP contribution is 2.21. The van der Waals surface area contributed by atoms with E-state index in [1.54, 1.807) is 0 Å². The number of carbonyl (C=O) groups excluding carboxylic acids is 1. The fraction of sp³-hybridized carbons (Fsp3) is 0.923. The third-order valence-corrected chi connectivity index (χ3v) is 3.54. The van der Waals surface area contributed by atoms with Crippen molar-refractivity contribution in [1.82, 2.24) is 5.32 Å². The van der Waals surface area contributed by atoms with Crippen molar-refractivity contribution in [2.75, 3.05) is 0 Å². The Labute approximate surface area is 104 Å². The molecule has 1 aliphatic carbocycles. The van der Waals surface area contributed by atoms with Crippen LogP contribution in [0.25, 0.3) is 0 Å². The van der Waals surface area contributed by atoms with Crippen LogP contribution < -0.4 is 11.1 Å². The van der Waals surface area contributed by atoms with Crippen LogP contribution in [-0.4, -0.2) is 29.7 Å². The molecule has 0 radical (unpaired) electrons. The van der Waals surface area contributed by atoms with Gasteiger partial charge < -0.3 is 15.8 Å². The molecule has 0 aromatic heterocycles. The summed E-state index contributed by atoms with van der Waals surface area (Å²) in [7, 11) is 0. The van der Waals surface area contributed by atoms with E-state index in [4.69, 9.17) is 10.5 Å². The van der Waals surface area contributed by atoms with E-state index in [-0.39, 0.29) is 23.6 Å². The smallest absolute Gasteiger partial charge is 0.249 e. The van der Waals surface area contributed by atoms with Crippen LogP contribution in [0.5, 0.6) is 0 Å². The Kier molecular flexibility index (Phi) is 4.95. The van der Waals surface area contributed by atoms with Crippen molar-refractivity contribution in [3.05, 3.63) is 0 Å². The SMILES string of the molecule is CCC(C)(C)NC(=O)C(C)OC1CCC(N)C1. The van der Waals surface area contributed by atoms with Crippen molar-refractivity contribution in [1.29, 1.82) is 0 Å². The molecular weight excluding hydrogens is 216 g/mol. The van der Waals surface area contributed by atoms with Crippen LogP contribution in [0, 0.1) is 0 Å². The summed E-state index contributed by atoms with van der Waals surface area (Å²) in [5.74, 6) is -0.0303. The number of nitrogens with one attached hydrogen (secondary N) is 1. The maximum Gasteiger partial charge on any atom is 0.249 e. The predicted octanol–water partition coefficient (Wildman–Crippen LogP) is 1.58. The zero-order chi connectivity index (χ0) is 13.1. The molecule has 3 N–H and O–H groups in total. The van der Waals surface area contributed by atoms with Crippen LogP contribution in [0.2, 0.25) is 0 Å². The number of amides is 1. The van der Waals surface area contributed by atoms with Crippen molar-refractivity contribution in [3.63, 3.8) is 0 Å². The van der Waals surface area contributed by atoms with Crippen LogP contribution >= 0.6 is 0 Å². The minimum absolute atomic E-state index is 0.0303. The van der Waals surface area contributed by atoms with E-state index in [1.807, 2.05) is 20.8 Å². The number of hydrogen-bond donors (Lipinski definition) is 2. The average molecular weight is 242 g/mol. The lowest BCUT2D eigenvalue weighted by atomic mass is 10.0. The lowest BCUT2D eigenvalue weighted by Crippen LogP contribution is -2.48. The van der Waals surface area contributed by atoms with Gasteiger partial charge in [-0.25, -0.2) is 0 Å². The Morgan fingerprint density at radius 2 is 2.18 bits per heavy atom. The normalized spacial score (nSPS) is 26.9. The number of ether oxygens (including phenoxy) is 1. The largest absolute Gasteiger partial charge is 0.365 e. The average Bonchev–Trinajstić information content (AvgIpc) is 2.63. The highest BCUT2D eigenvalue weighted by atomic mass is 16.5. The summed E-state index contributed by atoms with van der Waals surface area (Å²) in [4.78, 5) is 11.9. The van der Waals surface area contributed by atoms with Crippen LogP contribution in [0.15, 0.2) is 0 Å². The summed E-state index contributed by atoms with van der Waals surface area (Å²) in [6.07, 6.45) is 3.50. The van der Waals surface area contributed by atoms with E-state index in [0.29, 0.717) is 0 Å². The van der Waals surface area contributed by atoms with Gasteiger partial charge in [-0.2, -0.15) is 0 Å². The number of carbonyl (C=O) groups is 1. The number of rotatable bonds is 5. The zero-order valence-corrected chi connectivity index (χ0v) is 11.5. The highest BCUT2D eigenvalue weighted by Gasteiger charge is 2.28. The fourth-order valence-corrected chi connectivity index (χ4v) is 1.97. The van der Waals surface area contributed by atoms with Crippen molar-refractivity contribution in [2.45, 2.75) is 77.2 Å². The molecule has 0 aromatic carbocycles. The second-order valence-corrected chi connectivity index (χ2v) is 5.70. The second-order valence-electron chi connectivity index (χ2n) is 5.70. The summed E-state index contributed by atoms with van der Waals surface area (Å²) >= 11 is 0. The van der Waals surface area contributed by atoms with Gasteiger partial charge in [-0.15, -0.1) is 0 Å². The molecule has 0 saturated heterocycles. The minimum Gasteiger partial charge on any atom is -0.365 e. The maximum atomic E-state index is 11.9. The molecule has 0 aromatic rings. The summed E-state index contributed by atoms with van der Waals surface area (Å²) in [6.45, 7) is 7.90. The van der Waals surface area contributed by atoms with Gasteiger partial charge in [0, 0.05) is 11.6 Å². The van der Waals surface area contributed by atoms with E-state index >= 15 is 0 Å². The van der Waals surface area contributed by atoms with Crippen LogP contribution in [0.3, 0.4) is 0 Å². The van der Waals surface area contributed by atoms with Gasteiger partial charge in [-0.1, -0.05) is 6.92 Å². The van der Waals surface area contributed by atoms with Crippen molar-refractivity contribution in [2.24, 2.45) is 5.73 Å². The van der Waals surface area contributed by atoms with Gasteiger partial charge in [-0.05, 0) is 46.5 Å². The van der Waals surface area contributed by atoms with Gasteiger partial charge in [0.25, 0.3) is 0 Å². The number of nitrogens with two attached hydrogens (primary N) is 1. The standard InChI is InChI=1S/C13H26N2O2/c1-5-13(3,4)15-12(16)9(2)17-11-7-6-10(14)8-11/h9-11H,5-8,14H2,1-4H3,(H,15,16). The quantitative estimate of drug-likeness (QED) is 0.769. The molecule has 4 heteroatoms. The van der Waals surface area contributed by atoms with Gasteiger partial charge in [0.2, 0.25) is 5.91 Å². The zero-order valence-electron chi connectivity index (χ0n) is 11.5. The van der Waals surface area contributed by atoms with Gasteiger partial charge in [0.1, 0.15) is 6.10 Å². The molecule has 1 rings (SSSR count).